The van der Waals surface area contributed by atoms with Crippen LogP contribution < -0.4 is 5.32 Å². The molecule has 1 unspecified atom stereocenters. The first-order chi connectivity index (χ1) is 11.7. The number of hydrogen-bond donors (Lipinski definition) is 2. The molecule has 2 N–H and O–H groups in total. The Labute approximate surface area is 143 Å². The Morgan fingerprint density at radius 1 is 1.25 bits per heavy atom. The summed E-state index contributed by atoms with van der Waals surface area (Å²) in [5.74, 6) is 0.978. The predicted octanol–water partition coefficient (Wildman–Crippen LogP) is 2.02. The molecule has 6 nitrogen and oxygen atoms in total. The predicted molar refractivity (Wildman–Crippen MR) is 91.7 cm³/mol. The van der Waals surface area contributed by atoms with Crippen LogP contribution in [0.1, 0.15) is 55.8 Å². The molecule has 1 saturated carbocycles. The van der Waals surface area contributed by atoms with Crippen molar-refractivity contribution < 1.29 is 9.90 Å². The highest BCUT2D eigenvalue weighted by molar-refractivity contribution is 5.67. The van der Waals surface area contributed by atoms with Crippen LogP contribution in [0, 0.1) is 5.92 Å². The van der Waals surface area contributed by atoms with E-state index in [4.69, 9.17) is 5.11 Å². The van der Waals surface area contributed by atoms with Crippen molar-refractivity contribution in [1.82, 2.24) is 20.2 Å². The van der Waals surface area contributed by atoms with Crippen LogP contribution in [0.4, 0.5) is 0 Å². The summed E-state index contributed by atoms with van der Waals surface area (Å²) in [6, 6.07) is 0. The molecule has 0 radical (unpaired) electrons. The van der Waals surface area contributed by atoms with Gasteiger partial charge in [-0.05, 0) is 25.3 Å². The van der Waals surface area contributed by atoms with E-state index in [2.05, 4.69) is 20.2 Å². The Balaban J connectivity index is 1.57. The van der Waals surface area contributed by atoms with Gasteiger partial charge in [-0.1, -0.05) is 19.3 Å². The zero-order valence-electron chi connectivity index (χ0n) is 14.3. The summed E-state index contributed by atoms with van der Waals surface area (Å²) < 4.78 is 0. The van der Waals surface area contributed by atoms with Crippen LogP contribution in [-0.4, -0.2) is 52.1 Å². The van der Waals surface area contributed by atoms with Gasteiger partial charge in [0.25, 0.3) is 0 Å². The van der Waals surface area contributed by atoms with Gasteiger partial charge < -0.3 is 10.4 Å². The van der Waals surface area contributed by atoms with Crippen molar-refractivity contribution >= 4 is 5.97 Å². The van der Waals surface area contributed by atoms with Crippen LogP contribution in [0.2, 0.25) is 0 Å². The summed E-state index contributed by atoms with van der Waals surface area (Å²) in [7, 11) is 0. The number of aromatic nitrogens is 2. The zero-order chi connectivity index (χ0) is 16.8. The second-order valence-electron chi connectivity index (χ2n) is 7.19. The highest BCUT2D eigenvalue weighted by Gasteiger charge is 2.21. The van der Waals surface area contributed by atoms with E-state index in [0.29, 0.717) is 5.92 Å². The summed E-state index contributed by atoms with van der Waals surface area (Å²) in [5, 5.41) is 12.4. The quantitative estimate of drug-likeness (QED) is 0.859. The number of hydrogen-bond acceptors (Lipinski definition) is 5. The molecule has 1 aliphatic heterocycles. The number of carboxylic acid groups (broad SMARTS) is 1. The standard InChI is InChI=1S/C18H28N4O2/c23-17(24)8-14-9-19-6-7-22(12-14)13-15-10-20-18(21-11-15)16-4-2-1-3-5-16/h10-11,14,16,19H,1-9,12-13H2,(H,23,24). The van der Waals surface area contributed by atoms with E-state index in [-0.39, 0.29) is 12.3 Å². The van der Waals surface area contributed by atoms with Gasteiger partial charge >= 0.3 is 5.97 Å². The zero-order valence-corrected chi connectivity index (χ0v) is 14.3. The van der Waals surface area contributed by atoms with Gasteiger partial charge in [-0.25, -0.2) is 9.97 Å². The molecule has 1 aromatic heterocycles. The van der Waals surface area contributed by atoms with Crippen LogP contribution in [0.15, 0.2) is 12.4 Å². The molecule has 0 spiro atoms. The molecule has 3 rings (SSSR count). The van der Waals surface area contributed by atoms with Gasteiger partial charge in [-0.2, -0.15) is 0 Å². The molecular weight excluding hydrogens is 304 g/mol. The lowest BCUT2D eigenvalue weighted by atomic mass is 9.89. The first-order valence-corrected chi connectivity index (χ1v) is 9.16. The van der Waals surface area contributed by atoms with Gasteiger partial charge in [0.1, 0.15) is 5.82 Å². The van der Waals surface area contributed by atoms with Crippen LogP contribution in [0.5, 0.6) is 0 Å². The Hall–Kier alpha value is -1.53. The summed E-state index contributed by atoms with van der Waals surface area (Å²) in [5.41, 5.74) is 1.12. The van der Waals surface area contributed by atoms with Crippen LogP contribution in [0.25, 0.3) is 0 Å². The number of carboxylic acids is 1. The average molecular weight is 332 g/mol. The minimum atomic E-state index is -0.719. The lowest BCUT2D eigenvalue weighted by molar-refractivity contribution is -0.138. The van der Waals surface area contributed by atoms with Crippen molar-refractivity contribution in [3.05, 3.63) is 23.8 Å². The molecule has 2 aliphatic rings. The van der Waals surface area contributed by atoms with Crippen LogP contribution in [-0.2, 0) is 11.3 Å². The Bertz CT molecular complexity index is 528. The molecule has 0 aromatic carbocycles. The van der Waals surface area contributed by atoms with Crippen molar-refractivity contribution in [2.75, 3.05) is 26.2 Å². The fourth-order valence-electron chi connectivity index (χ4n) is 3.87. The minimum absolute atomic E-state index is 0.160. The minimum Gasteiger partial charge on any atom is -0.481 e. The third-order valence-corrected chi connectivity index (χ3v) is 5.12. The van der Waals surface area contributed by atoms with E-state index in [1.807, 2.05) is 12.4 Å². The first kappa shape index (κ1) is 17.3. The normalized spacial score (nSPS) is 23.8. The highest BCUT2D eigenvalue weighted by Crippen LogP contribution is 2.30. The molecule has 24 heavy (non-hydrogen) atoms. The average Bonchev–Trinajstić information content (AvgIpc) is 2.81. The lowest BCUT2D eigenvalue weighted by Gasteiger charge is -2.23. The number of aliphatic carboxylic acids is 1. The van der Waals surface area contributed by atoms with E-state index >= 15 is 0 Å². The second-order valence-corrected chi connectivity index (χ2v) is 7.19. The molecule has 1 saturated heterocycles. The topological polar surface area (TPSA) is 78.4 Å². The van der Waals surface area contributed by atoms with Gasteiger partial charge in [0, 0.05) is 50.1 Å². The molecule has 1 aromatic rings. The third-order valence-electron chi connectivity index (χ3n) is 5.12. The van der Waals surface area contributed by atoms with E-state index in [1.165, 1.54) is 32.1 Å². The number of nitrogens with zero attached hydrogens (tertiary/aromatic N) is 3. The van der Waals surface area contributed by atoms with Crippen molar-refractivity contribution in [2.24, 2.45) is 5.92 Å². The number of nitrogens with one attached hydrogen (secondary N) is 1. The van der Waals surface area contributed by atoms with Crippen molar-refractivity contribution in [1.29, 1.82) is 0 Å². The largest absolute Gasteiger partial charge is 0.481 e. The molecule has 2 heterocycles. The van der Waals surface area contributed by atoms with E-state index in [0.717, 1.165) is 44.1 Å². The molecule has 1 aliphatic carbocycles. The summed E-state index contributed by atoms with van der Waals surface area (Å²) in [6.07, 6.45) is 10.5. The molecule has 0 amide bonds. The summed E-state index contributed by atoms with van der Waals surface area (Å²) in [6.45, 7) is 4.21. The van der Waals surface area contributed by atoms with E-state index in [1.54, 1.807) is 0 Å². The molecule has 6 heteroatoms. The summed E-state index contributed by atoms with van der Waals surface area (Å²) >= 11 is 0. The third kappa shape index (κ3) is 4.98. The van der Waals surface area contributed by atoms with Crippen LogP contribution >= 0.6 is 0 Å². The smallest absolute Gasteiger partial charge is 0.303 e. The van der Waals surface area contributed by atoms with Gasteiger partial charge in [0.05, 0.1) is 6.42 Å². The van der Waals surface area contributed by atoms with Gasteiger partial charge in [-0.3, -0.25) is 9.69 Å². The van der Waals surface area contributed by atoms with Crippen LogP contribution in [0.3, 0.4) is 0 Å². The molecular formula is C18H28N4O2. The fourth-order valence-corrected chi connectivity index (χ4v) is 3.87. The summed E-state index contributed by atoms with van der Waals surface area (Å²) in [4.78, 5) is 22.5. The van der Waals surface area contributed by atoms with Crippen molar-refractivity contribution in [3.63, 3.8) is 0 Å². The van der Waals surface area contributed by atoms with Gasteiger partial charge in [0.15, 0.2) is 0 Å². The second kappa shape index (κ2) is 8.53. The maximum absolute atomic E-state index is 11.0. The lowest BCUT2D eigenvalue weighted by Crippen LogP contribution is -2.30. The Kier molecular flexibility index (Phi) is 6.15. The Morgan fingerprint density at radius 2 is 2.00 bits per heavy atom. The van der Waals surface area contributed by atoms with Gasteiger partial charge in [-0.15, -0.1) is 0 Å². The SMILES string of the molecule is O=C(O)CC1CNCCN(Cc2cnc(C3CCCCC3)nc2)C1. The van der Waals surface area contributed by atoms with Crippen molar-refractivity contribution in [3.8, 4) is 0 Å². The number of carbonyl (C=O) groups is 1. The molecule has 132 valence electrons. The number of rotatable bonds is 5. The highest BCUT2D eigenvalue weighted by atomic mass is 16.4. The van der Waals surface area contributed by atoms with E-state index < -0.39 is 5.97 Å². The monoisotopic (exact) mass is 332 g/mol. The van der Waals surface area contributed by atoms with Gasteiger partial charge in [0.2, 0.25) is 0 Å². The van der Waals surface area contributed by atoms with E-state index in [9.17, 15) is 4.79 Å². The molecule has 0 bridgehead atoms. The maximum atomic E-state index is 11.0. The maximum Gasteiger partial charge on any atom is 0.303 e. The first-order valence-electron chi connectivity index (χ1n) is 9.16. The van der Waals surface area contributed by atoms with Crippen molar-refractivity contribution in [2.45, 2.75) is 51.0 Å². The Morgan fingerprint density at radius 3 is 2.71 bits per heavy atom. The molecule has 2 fully saturated rings. The fraction of sp³-hybridized carbons (Fsp3) is 0.722. The molecule has 1 atom stereocenters.